The molecule has 1 unspecified atom stereocenters. The van der Waals surface area contributed by atoms with Crippen LogP contribution in [0.2, 0.25) is 0 Å². The number of H-pyrrole nitrogens is 1. The topological polar surface area (TPSA) is 164 Å². The second-order valence-electron chi connectivity index (χ2n) is 19.9. The number of fused-ring (bicyclic) bond motifs is 2. The van der Waals surface area contributed by atoms with Crippen molar-refractivity contribution in [3.05, 3.63) is 113 Å². The minimum Gasteiger partial charge on any atom is -0.496 e. The van der Waals surface area contributed by atoms with Crippen LogP contribution in [0.4, 0.5) is 30.2 Å². The molecule has 3 aromatic carbocycles. The van der Waals surface area contributed by atoms with Crippen LogP contribution in [-0.4, -0.2) is 128 Å². The molecule has 6 aliphatic heterocycles. The summed E-state index contributed by atoms with van der Waals surface area (Å²) in [6.07, 6.45) is 6.15. The third kappa shape index (κ3) is 8.34. The second kappa shape index (κ2) is 17.8. The molecule has 2 aromatic heterocycles. The zero-order valence-corrected chi connectivity index (χ0v) is 39.6. The van der Waals surface area contributed by atoms with Gasteiger partial charge in [-0.2, -0.15) is 12.7 Å². The number of carbonyl (C=O) groups is 3. The molecule has 0 aliphatic carbocycles. The van der Waals surface area contributed by atoms with Crippen molar-refractivity contribution in [2.45, 2.75) is 57.3 Å². The quantitative estimate of drug-likeness (QED) is 0.116. The molecule has 5 saturated heterocycles. The average Bonchev–Trinajstić information content (AvgIpc) is 4.15. The number of anilines is 3. The Morgan fingerprint density at radius 3 is 2.46 bits per heavy atom. The summed E-state index contributed by atoms with van der Waals surface area (Å²) in [7, 11) is -2.76. The first-order valence-corrected chi connectivity index (χ1v) is 25.3. The molecule has 6 aliphatic rings. The molecule has 5 fully saturated rings. The molecule has 1 spiro atoms. The molecule has 366 valence electrons. The van der Waals surface area contributed by atoms with Gasteiger partial charge in [0, 0.05) is 116 Å². The van der Waals surface area contributed by atoms with Crippen LogP contribution in [0.15, 0.2) is 79.3 Å². The molecule has 2 amide bonds. The van der Waals surface area contributed by atoms with E-state index in [0.29, 0.717) is 58.9 Å². The van der Waals surface area contributed by atoms with Gasteiger partial charge >= 0.3 is 10.2 Å². The summed E-state index contributed by atoms with van der Waals surface area (Å²) < 4.78 is 79.0. The van der Waals surface area contributed by atoms with E-state index >= 15 is 8.78 Å². The molecule has 8 heterocycles. The number of ether oxygens (including phenoxy) is 1. The summed E-state index contributed by atoms with van der Waals surface area (Å²) in [4.78, 5) is 56.6. The Kier molecular flexibility index (Phi) is 11.7. The number of aromatic amines is 1. The number of amides is 2. The number of likely N-dealkylation sites (tertiary alicyclic amines) is 1. The lowest BCUT2D eigenvalue weighted by atomic mass is 9.78. The predicted octanol–water partition coefficient (Wildman–Crippen LogP) is 6.63. The van der Waals surface area contributed by atoms with Crippen molar-refractivity contribution in [2.24, 2.45) is 11.3 Å². The molecule has 0 saturated carbocycles. The van der Waals surface area contributed by atoms with Crippen LogP contribution in [0.5, 0.6) is 5.75 Å². The monoisotopic (exact) mass is 977 g/mol. The van der Waals surface area contributed by atoms with E-state index in [-0.39, 0.29) is 42.3 Å². The highest BCUT2D eigenvalue weighted by atomic mass is 32.2. The highest BCUT2D eigenvalue weighted by Crippen LogP contribution is 2.44. The van der Waals surface area contributed by atoms with E-state index in [1.54, 1.807) is 24.3 Å². The van der Waals surface area contributed by atoms with Gasteiger partial charge in [0.2, 0.25) is 11.7 Å². The van der Waals surface area contributed by atoms with E-state index in [9.17, 15) is 27.2 Å². The van der Waals surface area contributed by atoms with Crippen molar-refractivity contribution in [3.63, 3.8) is 0 Å². The number of allylic oxidation sites excluding steroid dienone is 1. The third-order valence-electron chi connectivity index (χ3n) is 15.3. The number of methoxy groups -OCH3 is 1. The predicted molar refractivity (Wildman–Crippen MR) is 259 cm³/mol. The molecule has 0 bridgehead atoms. The Labute approximate surface area is 403 Å². The number of alkyl halides is 1. The summed E-state index contributed by atoms with van der Waals surface area (Å²) in [5.74, 6) is -2.74. The molecular formula is C51H54F3N9O6S. The number of ketones is 1. The Bertz CT molecular complexity index is 3060. The van der Waals surface area contributed by atoms with Crippen LogP contribution < -0.4 is 24.6 Å². The summed E-state index contributed by atoms with van der Waals surface area (Å²) >= 11 is 0. The molecule has 5 aromatic rings. The van der Waals surface area contributed by atoms with Gasteiger partial charge in [0.1, 0.15) is 29.4 Å². The first kappa shape index (κ1) is 46.0. The lowest BCUT2D eigenvalue weighted by Crippen LogP contribution is -2.57. The van der Waals surface area contributed by atoms with Crippen LogP contribution in [0.25, 0.3) is 22.2 Å². The largest absolute Gasteiger partial charge is 0.496 e. The minimum absolute atomic E-state index is 0.00599. The van der Waals surface area contributed by atoms with Gasteiger partial charge in [-0.3, -0.25) is 19.1 Å². The number of hydrogen-bond donors (Lipinski definition) is 3. The fourth-order valence-corrected chi connectivity index (χ4v) is 12.8. The molecule has 19 heteroatoms. The number of rotatable bonds is 12. The summed E-state index contributed by atoms with van der Waals surface area (Å²) in [6.45, 7) is 10.8. The third-order valence-corrected chi connectivity index (χ3v) is 16.8. The van der Waals surface area contributed by atoms with Crippen molar-refractivity contribution in [1.29, 1.82) is 0 Å². The van der Waals surface area contributed by atoms with E-state index in [1.165, 1.54) is 6.20 Å². The second-order valence-corrected chi connectivity index (χ2v) is 21.5. The van der Waals surface area contributed by atoms with E-state index in [1.807, 2.05) is 18.2 Å². The summed E-state index contributed by atoms with van der Waals surface area (Å²) in [5, 5.41) is 3.15. The number of benzene rings is 3. The summed E-state index contributed by atoms with van der Waals surface area (Å²) in [6, 6.07) is 15.1. The van der Waals surface area contributed by atoms with Gasteiger partial charge in [0.25, 0.3) is 5.91 Å². The fraction of sp³-hybridized carbons (Fsp3) is 0.412. The standard InChI is InChI=1S/C51H54F3N9O6S/c1-30-3-10-42(49(65)57-30)63-25-34-19-37(21-43(69-2)44(34)50(63)66)60-15-11-31(12-16-60)24-59-18-14-51(27-59)28-61(29-51)36-6-4-32(5-7-36)33-20-38-39(23-56-48(38)55-22-33)47(64)45-40(53)8-9-41(46(45)54)58-70(67,68)62-17-13-35(52)26-62/h4-9,19-23,31,35,42,58H,1,3,10-18,24-29H2,2H3,(H,55,56)(H,57,65)/t35-,42?/m1/s1. The smallest absolute Gasteiger partial charge is 0.301 e. The number of nitrogens with zero attached hydrogens (tertiary/aromatic N) is 6. The molecule has 3 N–H and O–H groups in total. The van der Waals surface area contributed by atoms with Crippen molar-refractivity contribution < 1.29 is 40.7 Å². The van der Waals surface area contributed by atoms with Crippen molar-refractivity contribution >= 4 is 55.9 Å². The highest BCUT2D eigenvalue weighted by molar-refractivity contribution is 7.90. The van der Waals surface area contributed by atoms with Crippen LogP contribution in [0.3, 0.4) is 0 Å². The molecule has 15 nitrogen and oxygen atoms in total. The lowest BCUT2D eigenvalue weighted by molar-refractivity contribution is -0.126. The number of aromatic nitrogens is 2. The maximum Gasteiger partial charge on any atom is 0.301 e. The van der Waals surface area contributed by atoms with Crippen molar-refractivity contribution in [1.82, 2.24) is 29.4 Å². The molecule has 11 rings (SSSR count). The zero-order valence-electron chi connectivity index (χ0n) is 38.8. The van der Waals surface area contributed by atoms with E-state index in [4.69, 9.17) is 4.74 Å². The number of carbonyl (C=O) groups excluding carboxylic acids is 3. The fourth-order valence-electron chi connectivity index (χ4n) is 11.5. The highest BCUT2D eigenvalue weighted by Gasteiger charge is 2.48. The average molecular weight is 978 g/mol. The van der Waals surface area contributed by atoms with E-state index in [0.717, 1.165) is 104 Å². The lowest BCUT2D eigenvalue weighted by Gasteiger charge is -2.49. The normalized spacial score (nSPS) is 22.0. The Morgan fingerprint density at radius 1 is 0.943 bits per heavy atom. The Balaban J connectivity index is 0.687. The van der Waals surface area contributed by atoms with Gasteiger partial charge in [-0.25, -0.2) is 18.2 Å². The molecule has 2 atom stereocenters. The number of pyridine rings is 1. The van der Waals surface area contributed by atoms with Crippen molar-refractivity contribution in [2.75, 3.05) is 80.5 Å². The number of halogens is 3. The van der Waals surface area contributed by atoms with Gasteiger partial charge in [0.05, 0.1) is 23.9 Å². The van der Waals surface area contributed by atoms with Gasteiger partial charge in [0.15, 0.2) is 5.82 Å². The zero-order chi connectivity index (χ0) is 48.6. The molecular weight excluding hydrogens is 924 g/mol. The number of piperidine rings is 2. The van der Waals surface area contributed by atoms with Gasteiger partial charge in [-0.05, 0) is 98.5 Å². The van der Waals surface area contributed by atoms with Gasteiger partial charge in [-0.1, -0.05) is 18.7 Å². The van der Waals surface area contributed by atoms with E-state index in [2.05, 4.69) is 59.5 Å². The van der Waals surface area contributed by atoms with Crippen LogP contribution >= 0.6 is 0 Å². The van der Waals surface area contributed by atoms with E-state index < -0.39 is 51.1 Å². The van der Waals surface area contributed by atoms with Crippen molar-refractivity contribution in [3.8, 4) is 16.9 Å². The summed E-state index contributed by atoms with van der Waals surface area (Å²) in [5.41, 5.74) is 4.82. The molecule has 0 radical (unpaired) electrons. The maximum absolute atomic E-state index is 15.8. The Morgan fingerprint density at radius 2 is 1.73 bits per heavy atom. The van der Waals surface area contributed by atoms with Crippen LogP contribution in [-0.2, 0) is 21.5 Å². The van der Waals surface area contributed by atoms with Gasteiger partial charge in [-0.15, -0.1) is 0 Å². The Hall–Kier alpha value is -6.44. The number of nitrogens with one attached hydrogen (secondary N) is 3. The maximum atomic E-state index is 15.8. The SMILES string of the molecule is C=C1CCC(N2Cc3cc(N4CCC(CN5CCC6(C5)CN(c5ccc(-c7cnc8[nH]cc(C(=O)c9c(F)ccc(NS(=O)(=O)N%10CC[C@@H](F)C%10)c9F)c8c7)cc5)C6)CC4)cc(OC)c3C2=O)C(=O)N1. The van der Waals surface area contributed by atoms with Crippen LogP contribution in [0, 0.1) is 23.0 Å². The first-order valence-electron chi connectivity index (χ1n) is 23.9. The van der Waals surface area contributed by atoms with Gasteiger partial charge < -0.3 is 34.6 Å². The molecule has 70 heavy (non-hydrogen) atoms. The minimum atomic E-state index is -4.36. The van der Waals surface area contributed by atoms with Crippen LogP contribution in [0.1, 0.15) is 70.4 Å². The number of hydrogen-bond acceptors (Lipinski definition) is 10. The first-order chi connectivity index (χ1) is 33.7.